The monoisotopic (exact) mass is 450 g/mol. The fourth-order valence-corrected chi connectivity index (χ4v) is 3.74. The lowest BCUT2D eigenvalue weighted by atomic mass is 10.0. The Hall–Kier alpha value is -4.14. The van der Waals surface area contributed by atoms with Gasteiger partial charge in [-0.05, 0) is 24.6 Å². The van der Waals surface area contributed by atoms with E-state index in [4.69, 9.17) is 0 Å². The zero-order valence-electron chi connectivity index (χ0n) is 17.6. The van der Waals surface area contributed by atoms with E-state index in [-0.39, 0.29) is 22.9 Å². The van der Waals surface area contributed by atoms with Crippen molar-refractivity contribution in [3.63, 3.8) is 0 Å². The number of aromatic nitrogens is 3. The molecule has 0 saturated heterocycles. The fourth-order valence-electron chi connectivity index (χ4n) is 3.74. The molecule has 4 rings (SSSR count). The van der Waals surface area contributed by atoms with Crippen LogP contribution in [-0.4, -0.2) is 20.4 Å². The van der Waals surface area contributed by atoms with E-state index in [1.807, 2.05) is 0 Å². The number of carbonyl (C=O) groups excluding carboxylic acids is 1. The van der Waals surface area contributed by atoms with Gasteiger partial charge in [0.15, 0.2) is 0 Å². The smallest absolute Gasteiger partial charge is 0.329 e. The minimum Gasteiger partial charge on any atom is -0.348 e. The van der Waals surface area contributed by atoms with Crippen LogP contribution in [0.1, 0.15) is 30.1 Å². The summed E-state index contributed by atoms with van der Waals surface area (Å²) in [5.74, 6) is -2.20. The van der Waals surface area contributed by atoms with Crippen LogP contribution in [0.3, 0.4) is 0 Å². The molecule has 0 aliphatic carbocycles. The Morgan fingerprint density at radius 2 is 1.88 bits per heavy atom. The normalized spacial score (nSPS) is 12.9. The van der Waals surface area contributed by atoms with Gasteiger partial charge < -0.3 is 10.3 Å². The number of carbonyl (C=O) groups is 1. The molecular formula is C24H20F2N4O3. The largest absolute Gasteiger partial charge is 0.348 e. The number of halogens is 2. The molecule has 0 aliphatic rings. The van der Waals surface area contributed by atoms with E-state index in [0.717, 1.165) is 22.3 Å². The Labute approximate surface area is 186 Å². The highest BCUT2D eigenvalue weighted by Crippen LogP contribution is 2.20. The Balaban J connectivity index is 1.76. The molecule has 7 nitrogen and oxygen atoms in total. The average molecular weight is 450 g/mol. The number of rotatable bonds is 6. The molecule has 168 valence electrons. The zero-order valence-corrected chi connectivity index (χ0v) is 17.6. The predicted molar refractivity (Wildman–Crippen MR) is 119 cm³/mol. The van der Waals surface area contributed by atoms with Gasteiger partial charge in [-0.1, -0.05) is 36.4 Å². The maximum atomic E-state index is 14.2. The third-order valence-electron chi connectivity index (χ3n) is 5.40. The summed E-state index contributed by atoms with van der Waals surface area (Å²) in [6, 6.07) is 11.4. The second kappa shape index (κ2) is 9.15. The van der Waals surface area contributed by atoms with Gasteiger partial charge in [0.2, 0.25) is 5.91 Å². The summed E-state index contributed by atoms with van der Waals surface area (Å²) in [5, 5.41) is 2.85. The van der Waals surface area contributed by atoms with Crippen LogP contribution >= 0.6 is 0 Å². The molecule has 2 N–H and O–H groups in total. The number of hydrogen-bond acceptors (Lipinski definition) is 4. The van der Waals surface area contributed by atoms with Crippen LogP contribution in [0.4, 0.5) is 8.78 Å². The van der Waals surface area contributed by atoms with Crippen molar-refractivity contribution >= 4 is 16.8 Å². The van der Waals surface area contributed by atoms with Gasteiger partial charge in [-0.2, -0.15) is 0 Å². The molecule has 0 bridgehead atoms. The molecule has 0 saturated carbocycles. The van der Waals surface area contributed by atoms with Gasteiger partial charge in [-0.25, -0.2) is 18.1 Å². The first-order chi connectivity index (χ1) is 15.8. The minimum atomic E-state index is -1.22. The number of amides is 1. The van der Waals surface area contributed by atoms with Gasteiger partial charge >= 0.3 is 5.69 Å². The molecule has 1 amide bonds. The van der Waals surface area contributed by atoms with Crippen LogP contribution < -0.4 is 16.6 Å². The molecule has 2 aromatic heterocycles. The summed E-state index contributed by atoms with van der Waals surface area (Å²) in [4.78, 5) is 45.8. The summed E-state index contributed by atoms with van der Waals surface area (Å²) in [6.07, 6.45) is 2.82. The van der Waals surface area contributed by atoms with Crippen molar-refractivity contribution in [1.82, 2.24) is 19.9 Å². The SMILES string of the molecule is C[C@H](NC(=O)[C@@H](Cc1ccccc1)n1c(=O)[nH]c2cnccc2c1=O)c1ccc(F)cc1F. The highest BCUT2D eigenvalue weighted by molar-refractivity contribution is 5.82. The van der Waals surface area contributed by atoms with Crippen LogP contribution in [0.2, 0.25) is 0 Å². The van der Waals surface area contributed by atoms with Crippen molar-refractivity contribution in [2.45, 2.75) is 25.4 Å². The number of fused-ring (bicyclic) bond motifs is 1. The van der Waals surface area contributed by atoms with Crippen LogP contribution in [0.25, 0.3) is 10.9 Å². The topological polar surface area (TPSA) is 96.8 Å². The van der Waals surface area contributed by atoms with Crippen molar-refractivity contribution in [2.75, 3.05) is 0 Å². The number of H-pyrrole nitrogens is 1. The van der Waals surface area contributed by atoms with Crippen molar-refractivity contribution in [3.8, 4) is 0 Å². The Morgan fingerprint density at radius 3 is 2.61 bits per heavy atom. The van der Waals surface area contributed by atoms with E-state index in [9.17, 15) is 23.2 Å². The lowest BCUT2D eigenvalue weighted by Crippen LogP contribution is -2.46. The quantitative estimate of drug-likeness (QED) is 0.472. The van der Waals surface area contributed by atoms with Crippen molar-refractivity contribution < 1.29 is 13.6 Å². The molecule has 0 radical (unpaired) electrons. The number of hydrogen-bond donors (Lipinski definition) is 2. The number of benzene rings is 2. The summed E-state index contributed by atoms with van der Waals surface area (Å²) < 4.78 is 28.4. The summed E-state index contributed by atoms with van der Waals surface area (Å²) in [6.45, 7) is 1.53. The van der Waals surface area contributed by atoms with Crippen LogP contribution in [0, 0.1) is 11.6 Å². The van der Waals surface area contributed by atoms with Gasteiger partial charge in [0.25, 0.3) is 5.56 Å². The van der Waals surface area contributed by atoms with E-state index in [2.05, 4.69) is 15.3 Å². The molecule has 33 heavy (non-hydrogen) atoms. The Kier molecular flexibility index (Phi) is 6.12. The number of nitrogens with one attached hydrogen (secondary N) is 2. The minimum absolute atomic E-state index is 0.0465. The third kappa shape index (κ3) is 4.57. The van der Waals surface area contributed by atoms with Crippen LogP contribution in [0.5, 0.6) is 0 Å². The number of aromatic amines is 1. The van der Waals surface area contributed by atoms with E-state index in [0.29, 0.717) is 0 Å². The van der Waals surface area contributed by atoms with Crippen molar-refractivity contribution in [2.24, 2.45) is 0 Å². The van der Waals surface area contributed by atoms with Gasteiger partial charge in [0.05, 0.1) is 23.1 Å². The van der Waals surface area contributed by atoms with Crippen LogP contribution in [-0.2, 0) is 11.2 Å². The van der Waals surface area contributed by atoms with E-state index in [1.165, 1.54) is 31.5 Å². The fraction of sp³-hybridized carbons (Fsp3) is 0.167. The first kappa shape index (κ1) is 22.1. The molecule has 0 fully saturated rings. The average Bonchev–Trinajstić information content (AvgIpc) is 2.79. The highest BCUT2D eigenvalue weighted by atomic mass is 19.1. The maximum Gasteiger partial charge on any atom is 0.329 e. The third-order valence-corrected chi connectivity index (χ3v) is 5.40. The van der Waals surface area contributed by atoms with Gasteiger partial charge in [0.1, 0.15) is 17.7 Å². The molecule has 2 atom stereocenters. The summed E-state index contributed by atoms with van der Waals surface area (Å²) in [7, 11) is 0. The summed E-state index contributed by atoms with van der Waals surface area (Å²) in [5.41, 5.74) is -0.358. The standard InChI is InChI=1S/C24H20F2N4O3/c1-14(17-8-7-16(25)12-19(17)26)28-22(31)21(11-15-5-3-2-4-6-15)30-23(32)18-9-10-27-13-20(18)29-24(30)33/h2-10,12-14,21H,11H2,1H3,(H,28,31)(H,29,33)/t14-,21+/m0/s1. The lowest BCUT2D eigenvalue weighted by molar-refractivity contribution is -0.125. The molecule has 2 heterocycles. The Morgan fingerprint density at radius 1 is 1.12 bits per heavy atom. The molecule has 0 unspecified atom stereocenters. The number of nitrogens with zero attached hydrogens (tertiary/aromatic N) is 2. The van der Waals surface area contributed by atoms with Crippen molar-refractivity contribution in [3.05, 3.63) is 111 Å². The zero-order chi connectivity index (χ0) is 23.5. The number of pyridine rings is 1. The van der Waals surface area contributed by atoms with Crippen LogP contribution in [0.15, 0.2) is 76.6 Å². The lowest BCUT2D eigenvalue weighted by Gasteiger charge is -2.22. The van der Waals surface area contributed by atoms with Crippen molar-refractivity contribution in [1.29, 1.82) is 0 Å². The molecule has 4 aromatic rings. The second-order valence-electron chi connectivity index (χ2n) is 7.63. The van der Waals surface area contributed by atoms with Gasteiger partial charge in [0, 0.05) is 24.2 Å². The molecule has 2 aromatic carbocycles. The second-order valence-corrected chi connectivity index (χ2v) is 7.63. The van der Waals surface area contributed by atoms with Gasteiger partial charge in [-0.3, -0.25) is 14.6 Å². The first-order valence-electron chi connectivity index (χ1n) is 10.2. The van der Waals surface area contributed by atoms with Gasteiger partial charge in [-0.15, -0.1) is 0 Å². The van der Waals surface area contributed by atoms with E-state index < -0.39 is 40.9 Å². The highest BCUT2D eigenvalue weighted by Gasteiger charge is 2.27. The first-order valence-corrected chi connectivity index (χ1v) is 10.2. The summed E-state index contributed by atoms with van der Waals surface area (Å²) >= 11 is 0. The maximum absolute atomic E-state index is 14.2. The van der Waals surface area contributed by atoms with E-state index >= 15 is 0 Å². The molecular weight excluding hydrogens is 430 g/mol. The molecule has 0 aliphatic heterocycles. The predicted octanol–water partition coefficient (Wildman–Crippen LogP) is 3.02. The van der Waals surface area contributed by atoms with E-state index in [1.54, 1.807) is 30.3 Å². The molecule has 9 heteroatoms. The Bertz CT molecular complexity index is 1430. The molecule has 0 spiro atoms.